The van der Waals surface area contributed by atoms with Gasteiger partial charge in [0.05, 0.1) is 18.5 Å². The van der Waals surface area contributed by atoms with Gasteiger partial charge in [-0.25, -0.2) is 4.99 Å². The molecule has 1 fully saturated rings. The maximum Gasteiger partial charge on any atom is 0.227 e. The van der Waals surface area contributed by atoms with Crippen molar-refractivity contribution in [2.75, 3.05) is 33.3 Å². The highest BCUT2D eigenvalue weighted by Crippen LogP contribution is 2.39. The Hall–Kier alpha value is -2.34. The molecule has 1 aromatic rings. The summed E-state index contributed by atoms with van der Waals surface area (Å²) in [5, 5.41) is 10.2. The summed E-state index contributed by atoms with van der Waals surface area (Å²) < 4.78 is 5.42. The van der Waals surface area contributed by atoms with Crippen LogP contribution in [0.25, 0.3) is 5.70 Å². The standard InChI is InChI=1S/C19H27N5O/c1-13(2)18-16-12-15(25-5)6-7-17(16)21-19(24(18)22-14(3)4)23-10-8-20-9-11-23/h6-7,12,20H,8-11H2,1-5H3. The summed E-state index contributed by atoms with van der Waals surface area (Å²) in [5.74, 6) is 1.73. The number of hydrogen-bond donors (Lipinski definition) is 1. The molecule has 2 aliphatic heterocycles. The van der Waals surface area contributed by atoms with Gasteiger partial charge in [0.1, 0.15) is 5.75 Å². The molecule has 2 aliphatic rings. The Balaban J connectivity index is 2.18. The lowest BCUT2D eigenvalue weighted by Gasteiger charge is -2.38. The number of rotatable bonds is 2. The van der Waals surface area contributed by atoms with Gasteiger partial charge < -0.3 is 15.0 Å². The Morgan fingerprint density at radius 2 is 1.88 bits per heavy atom. The van der Waals surface area contributed by atoms with Gasteiger partial charge in [-0.2, -0.15) is 10.1 Å². The number of benzene rings is 1. The average Bonchev–Trinajstić information content (AvgIpc) is 2.60. The summed E-state index contributed by atoms with van der Waals surface area (Å²) in [6.07, 6.45) is 0. The lowest BCUT2D eigenvalue weighted by molar-refractivity contribution is 0.323. The zero-order chi connectivity index (χ0) is 18.0. The molecule has 3 rings (SSSR count). The van der Waals surface area contributed by atoms with E-state index in [2.05, 4.69) is 24.1 Å². The highest BCUT2D eigenvalue weighted by atomic mass is 16.5. The Morgan fingerprint density at radius 3 is 2.48 bits per heavy atom. The second-order valence-corrected chi connectivity index (χ2v) is 6.74. The fourth-order valence-corrected chi connectivity index (χ4v) is 3.14. The molecule has 0 bridgehead atoms. The molecule has 25 heavy (non-hydrogen) atoms. The van der Waals surface area contributed by atoms with Gasteiger partial charge in [0, 0.05) is 37.5 Å². The number of nitrogens with one attached hydrogen (secondary N) is 1. The van der Waals surface area contributed by atoms with E-state index in [1.54, 1.807) is 7.11 Å². The minimum absolute atomic E-state index is 0.829. The van der Waals surface area contributed by atoms with Crippen molar-refractivity contribution in [3.63, 3.8) is 0 Å². The van der Waals surface area contributed by atoms with Gasteiger partial charge >= 0.3 is 0 Å². The van der Waals surface area contributed by atoms with E-state index in [1.165, 1.54) is 5.57 Å². The molecule has 0 unspecified atom stereocenters. The van der Waals surface area contributed by atoms with Gasteiger partial charge in [0.25, 0.3) is 0 Å². The number of aliphatic imine (C=N–C) groups is 1. The van der Waals surface area contributed by atoms with Crippen LogP contribution in [0.3, 0.4) is 0 Å². The zero-order valence-corrected chi connectivity index (χ0v) is 15.8. The van der Waals surface area contributed by atoms with E-state index in [1.807, 2.05) is 37.1 Å². The molecule has 0 amide bonds. The average molecular weight is 341 g/mol. The highest BCUT2D eigenvalue weighted by molar-refractivity contribution is 5.98. The fourth-order valence-electron chi connectivity index (χ4n) is 3.14. The highest BCUT2D eigenvalue weighted by Gasteiger charge is 2.30. The maximum absolute atomic E-state index is 5.42. The van der Waals surface area contributed by atoms with Crippen LogP contribution < -0.4 is 10.1 Å². The summed E-state index contributed by atoms with van der Waals surface area (Å²) in [4.78, 5) is 7.26. The first-order valence-electron chi connectivity index (χ1n) is 8.73. The van der Waals surface area contributed by atoms with Crippen molar-refractivity contribution < 1.29 is 4.74 Å². The number of guanidine groups is 1. The smallest absolute Gasteiger partial charge is 0.227 e. The van der Waals surface area contributed by atoms with E-state index < -0.39 is 0 Å². The van der Waals surface area contributed by atoms with Crippen LogP contribution in [-0.2, 0) is 0 Å². The van der Waals surface area contributed by atoms with Crippen LogP contribution in [0.4, 0.5) is 5.69 Å². The zero-order valence-electron chi connectivity index (χ0n) is 15.8. The van der Waals surface area contributed by atoms with Crippen LogP contribution in [0, 0.1) is 0 Å². The minimum atomic E-state index is 0.829. The van der Waals surface area contributed by atoms with Crippen LogP contribution in [0.2, 0.25) is 0 Å². The number of fused-ring (bicyclic) bond motifs is 1. The van der Waals surface area contributed by atoms with E-state index in [9.17, 15) is 0 Å². The van der Waals surface area contributed by atoms with Crippen molar-refractivity contribution in [3.05, 3.63) is 29.3 Å². The van der Waals surface area contributed by atoms with Gasteiger partial charge in [-0.05, 0) is 51.5 Å². The largest absolute Gasteiger partial charge is 0.497 e. The number of hydrazone groups is 1. The third kappa shape index (κ3) is 3.54. The monoisotopic (exact) mass is 341 g/mol. The topological polar surface area (TPSA) is 52.5 Å². The van der Waals surface area contributed by atoms with Gasteiger partial charge in [0.2, 0.25) is 5.96 Å². The summed E-state index contributed by atoms with van der Waals surface area (Å²) in [5.41, 5.74) is 5.29. The Labute approximate surface area is 149 Å². The van der Waals surface area contributed by atoms with E-state index in [-0.39, 0.29) is 0 Å². The molecule has 0 radical (unpaired) electrons. The molecule has 6 nitrogen and oxygen atoms in total. The molecule has 134 valence electrons. The van der Waals surface area contributed by atoms with Crippen molar-refractivity contribution in [2.45, 2.75) is 27.7 Å². The predicted molar refractivity (Wildman–Crippen MR) is 103 cm³/mol. The molecule has 1 aromatic carbocycles. The first-order chi connectivity index (χ1) is 12.0. The van der Waals surface area contributed by atoms with Gasteiger partial charge in [-0.3, -0.25) is 0 Å². The van der Waals surface area contributed by atoms with E-state index >= 15 is 0 Å². The molecular weight excluding hydrogens is 314 g/mol. The maximum atomic E-state index is 5.42. The Bertz CT molecular complexity index is 736. The molecule has 0 atom stereocenters. The molecule has 0 aliphatic carbocycles. The Kier molecular flexibility index (Phi) is 5.08. The number of methoxy groups -OCH3 is 1. The first kappa shape index (κ1) is 17.5. The molecule has 1 saturated heterocycles. The van der Waals surface area contributed by atoms with Gasteiger partial charge in [0.15, 0.2) is 0 Å². The van der Waals surface area contributed by atoms with Crippen LogP contribution in [0.15, 0.2) is 33.9 Å². The lowest BCUT2D eigenvalue weighted by Crippen LogP contribution is -2.51. The SMILES string of the molecule is COc1ccc2c(c1)C(=C(C)C)N(N=C(C)C)C(N1CCNCC1)=N2. The van der Waals surface area contributed by atoms with Gasteiger partial charge in [-0.15, -0.1) is 0 Å². The molecule has 0 spiro atoms. The quantitative estimate of drug-likeness (QED) is 0.840. The van der Waals surface area contributed by atoms with Crippen molar-refractivity contribution in [2.24, 2.45) is 10.1 Å². The number of ether oxygens (including phenoxy) is 1. The molecule has 0 aromatic heterocycles. The van der Waals surface area contributed by atoms with E-state index in [0.717, 1.165) is 60.5 Å². The predicted octanol–water partition coefficient (Wildman–Crippen LogP) is 3.05. The second-order valence-electron chi connectivity index (χ2n) is 6.74. The van der Waals surface area contributed by atoms with E-state index in [0.29, 0.717) is 0 Å². The summed E-state index contributed by atoms with van der Waals surface area (Å²) in [6, 6.07) is 6.03. The third-order valence-electron chi connectivity index (χ3n) is 4.25. The van der Waals surface area contributed by atoms with Crippen LogP contribution in [0.5, 0.6) is 5.75 Å². The van der Waals surface area contributed by atoms with Crippen molar-refractivity contribution in [3.8, 4) is 5.75 Å². The van der Waals surface area contributed by atoms with Crippen molar-refractivity contribution in [1.82, 2.24) is 15.2 Å². The van der Waals surface area contributed by atoms with Crippen LogP contribution >= 0.6 is 0 Å². The normalized spacial score (nSPS) is 17.0. The van der Waals surface area contributed by atoms with Crippen LogP contribution in [0.1, 0.15) is 33.3 Å². The number of nitrogens with zero attached hydrogens (tertiary/aromatic N) is 4. The first-order valence-corrected chi connectivity index (χ1v) is 8.73. The lowest BCUT2D eigenvalue weighted by atomic mass is 10.0. The molecule has 6 heteroatoms. The summed E-state index contributed by atoms with van der Waals surface area (Å²) in [6.45, 7) is 12.0. The molecular formula is C19H27N5O. The number of hydrogen-bond acceptors (Lipinski definition) is 6. The fraction of sp³-hybridized carbons (Fsp3) is 0.474. The summed E-state index contributed by atoms with van der Waals surface area (Å²) in [7, 11) is 1.69. The van der Waals surface area contributed by atoms with Crippen molar-refractivity contribution in [1.29, 1.82) is 0 Å². The molecule has 1 N–H and O–H groups in total. The summed E-state index contributed by atoms with van der Waals surface area (Å²) >= 11 is 0. The van der Waals surface area contributed by atoms with Crippen molar-refractivity contribution >= 4 is 23.1 Å². The Morgan fingerprint density at radius 1 is 1.16 bits per heavy atom. The second kappa shape index (κ2) is 7.27. The minimum Gasteiger partial charge on any atom is -0.497 e. The number of piperazine rings is 1. The molecule has 0 saturated carbocycles. The third-order valence-corrected chi connectivity index (χ3v) is 4.25. The van der Waals surface area contributed by atoms with Crippen LogP contribution in [-0.4, -0.2) is 54.9 Å². The van der Waals surface area contributed by atoms with E-state index in [4.69, 9.17) is 14.8 Å². The number of allylic oxidation sites excluding steroid dienone is 1. The van der Waals surface area contributed by atoms with Gasteiger partial charge in [-0.1, -0.05) is 0 Å². The molecule has 2 heterocycles.